The summed E-state index contributed by atoms with van der Waals surface area (Å²) in [6, 6.07) is 7.49. The molecule has 3 atom stereocenters. The van der Waals surface area contributed by atoms with E-state index in [1.165, 1.54) is 0 Å². The molecule has 2 heterocycles. The van der Waals surface area contributed by atoms with Gasteiger partial charge in [0.25, 0.3) is 0 Å². The summed E-state index contributed by atoms with van der Waals surface area (Å²) in [4.78, 5) is 57.8. The molecule has 1 saturated heterocycles. The molecule has 8 nitrogen and oxygen atoms in total. The number of likely N-dealkylation sites (tertiary alicyclic amines) is 1. The Labute approximate surface area is 272 Å². The number of carbonyl (C=O) groups excluding carboxylic acids is 3. The lowest BCUT2D eigenvalue weighted by atomic mass is 9.76. The number of hydrogen-bond acceptors (Lipinski definition) is 7. The fourth-order valence-electron chi connectivity index (χ4n) is 6.15. The summed E-state index contributed by atoms with van der Waals surface area (Å²) in [5.74, 6) is -1.49. The lowest BCUT2D eigenvalue weighted by Crippen LogP contribution is -2.47. The maximum atomic E-state index is 13.9. The van der Waals surface area contributed by atoms with Crippen molar-refractivity contribution in [2.45, 2.75) is 130 Å². The molecule has 0 saturated carbocycles. The molecule has 45 heavy (non-hydrogen) atoms. The molecule has 0 bridgehead atoms. The van der Waals surface area contributed by atoms with E-state index in [4.69, 9.17) is 5.11 Å². The molecule has 9 heteroatoms. The fourth-order valence-corrected chi connectivity index (χ4v) is 6.96. The zero-order valence-corrected chi connectivity index (χ0v) is 28.4. The van der Waals surface area contributed by atoms with Crippen molar-refractivity contribution in [2.75, 3.05) is 6.54 Å². The second-order valence-electron chi connectivity index (χ2n) is 13.7. The molecule has 0 spiro atoms. The number of aryl methyl sites for hydroxylation is 2. The molecule has 1 aliphatic rings. The Morgan fingerprint density at radius 3 is 2.09 bits per heavy atom. The molecule has 0 radical (unpaired) electrons. The number of carboxylic acid groups (broad SMARTS) is 1. The molecular weight excluding hydrogens is 588 g/mol. The Morgan fingerprint density at radius 1 is 0.933 bits per heavy atom. The van der Waals surface area contributed by atoms with E-state index in [1.807, 2.05) is 57.5 Å². The number of β-amino-alcohol motifs (C(OH)–C–C–N with tert-alkyl or cyclic N) is 1. The van der Waals surface area contributed by atoms with E-state index >= 15 is 0 Å². The van der Waals surface area contributed by atoms with Gasteiger partial charge < -0.3 is 15.1 Å². The Bertz CT molecular complexity index is 1270. The molecule has 248 valence electrons. The number of carboxylic acids is 1. The number of benzene rings is 1. The predicted molar refractivity (Wildman–Crippen MR) is 178 cm³/mol. The number of Topliss-reactive ketones (excluding diaryl/α,β-unsaturated/α-hetero) is 2. The molecule has 2 aromatic rings. The van der Waals surface area contributed by atoms with Gasteiger partial charge in [-0.25, -0.2) is 4.98 Å². The molecule has 1 fully saturated rings. The van der Waals surface area contributed by atoms with Crippen molar-refractivity contribution in [3.05, 3.63) is 41.0 Å². The van der Waals surface area contributed by atoms with Gasteiger partial charge in [-0.1, -0.05) is 83.6 Å². The van der Waals surface area contributed by atoms with Crippen molar-refractivity contribution >= 4 is 34.8 Å². The Morgan fingerprint density at radius 2 is 1.53 bits per heavy atom. The summed E-state index contributed by atoms with van der Waals surface area (Å²) in [5, 5.41) is 19.2. The van der Waals surface area contributed by atoms with Crippen LogP contribution in [0.4, 0.5) is 0 Å². The Balaban J connectivity index is 1.48. The number of amides is 1. The number of unbranched alkanes of at least 4 members (excludes halogenated alkanes) is 7. The predicted octanol–water partition coefficient (Wildman–Crippen LogP) is 7.19. The van der Waals surface area contributed by atoms with E-state index in [9.17, 15) is 24.3 Å². The number of aromatic nitrogens is 1. The SMILES string of the molecule is Cc1ncsc1-c1ccc(CCC(=O)[C@@H]2C[C@@H](O)CN2C(=O)[C@@H](CC(=O)CCCCCCCCCCC(=O)O)C(C)(C)C)cc1. The van der Waals surface area contributed by atoms with Crippen LogP contribution >= 0.6 is 11.3 Å². The van der Waals surface area contributed by atoms with E-state index in [1.54, 1.807) is 16.2 Å². The maximum absolute atomic E-state index is 13.9. The van der Waals surface area contributed by atoms with Crippen molar-refractivity contribution in [1.82, 2.24) is 9.88 Å². The minimum absolute atomic E-state index is 0.0526. The first-order chi connectivity index (χ1) is 21.4. The van der Waals surface area contributed by atoms with Gasteiger partial charge in [-0.3, -0.25) is 19.2 Å². The van der Waals surface area contributed by atoms with Gasteiger partial charge in [-0.15, -0.1) is 11.3 Å². The molecule has 2 N–H and O–H groups in total. The first-order valence-electron chi connectivity index (χ1n) is 16.6. The smallest absolute Gasteiger partial charge is 0.303 e. The van der Waals surface area contributed by atoms with Gasteiger partial charge >= 0.3 is 5.97 Å². The number of thiazole rings is 1. The van der Waals surface area contributed by atoms with Crippen molar-refractivity contribution in [3.63, 3.8) is 0 Å². The van der Waals surface area contributed by atoms with Gasteiger partial charge in [-0.05, 0) is 42.7 Å². The number of aliphatic hydroxyl groups excluding tert-OH is 1. The van der Waals surface area contributed by atoms with Crippen LogP contribution in [0.15, 0.2) is 29.8 Å². The second kappa shape index (κ2) is 17.7. The number of nitrogens with zero attached hydrogens (tertiary/aromatic N) is 2. The molecular formula is C36H52N2O6S. The third-order valence-corrected chi connectivity index (χ3v) is 9.90. The van der Waals surface area contributed by atoms with Crippen LogP contribution in [0.5, 0.6) is 0 Å². The van der Waals surface area contributed by atoms with E-state index in [-0.39, 0.29) is 49.7 Å². The number of ketones is 2. The number of rotatable bonds is 19. The lowest BCUT2D eigenvalue weighted by Gasteiger charge is -2.34. The van der Waals surface area contributed by atoms with Crippen LogP contribution in [-0.4, -0.2) is 62.2 Å². The maximum Gasteiger partial charge on any atom is 0.303 e. The fraction of sp³-hybridized carbons (Fsp3) is 0.639. The largest absolute Gasteiger partial charge is 0.481 e. The quantitative estimate of drug-likeness (QED) is 0.156. The van der Waals surface area contributed by atoms with Crippen LogP contribution in [0, 0.1) is 18.3 Å². The van der Waals surface area contributed by atoms with E-state index in [0.717, 1.165) is 73.1 Å². The van der Waals surface area contributed by atoms with Crippen molar-refractivity contribution in [2.24, 2.45) is 11.3 Å². The van der Waals surface area contributed by atoms with Gasteiger partial charge in [0.2, 0.25) is 5.91 Å². The highest BCUT2D eigenvalue weighted by Crippen LogP contribution is 2.34. The van der Waals surface area contributed by atoms with Gasteiger partial charge in [0, 0.05) is 44.6 Å². The monoisotopic (exact) mass is 640 g/mol. The van der Waals surface area contributed by atoms with E-state index in [0.29, 0.717) is 12.8 Å². The van der Waals surface area contributed by atoms with Gasteiger partial charge in [0.05, 0.1) is 28.2 Å². The summed E-state index contributed by atoms with van der Waals surface area (Å²) in [6.45, 7) is 7.98. The minimum Gasteiger partial charge on any atom is -0.481 e. The summed E-state index contributed by atoms with van der Waals surface area (Å²) in [7, 11) is 0. The molecule has 3 rings (SSSR count). The minimum atomic E-state index is -0.752. The molecule has 1 amide bonds. The topological polar surface area (TPSA) is 125 Å². The van der Waals surface area contributed by atoms with Gasteiger partial charge in [0.1, 0.15) is 5.78 Å². The summed E-state index contributed by atoms with van der Waals surface area (Å²) in [6.07, 6.45) is 8.78. The Hall–Kier alpha value is -2.91. The standard InChI is InChI=1S/C36H52N2O6S/c1-25-34(45-24-37-25)27-18-15-26(16-19-27)17-20-32(41)31-22-29(40)23-38(31)35(44)30(36(2,3)4)21-28(39)13-11-9-7-5-6-8-10-12-14-33(42)43/h15-16,18-19,24,29-31,40H,5-14,17,20-23H2,1-4H3,(H,42,43)/t29-,30-,31+/m1/s1. The van der Waals surface area contributed by atoms with Gasteiger partial charge in [0.15, 0.2) is 5.78 Å². The summed E-state index contributed by atoms with van der Waals surface area (Å²) < 4.78 is 0. The number of carbonyl (C=O) groups is 4. The van der Waals surface area contributed by atoms with Crippen LogP contribution in [-0.2, 0) is 25.6 Å². The van der Waals surface area contributed by atoms with Crippen LogP contribution < -0.4 is 0 Å². The molecule has 1 aromatic carbocycles. The van der Waals surface area contributed by atoms with Crippen molar-refractivity contribution < 1.29 is 29.4 Å². The van der Waals surface area contributed by atoms with E-state index < -0.39 is 29.4 Å². The van der Waals surface area contributed by atoms with E-state index in [2.05, 4.69) is 4.98 Å². The van der Waals surface area contributed by atoms with Crippen LogP contribution in [0.1, 0.15) is 115 Å². The number of aliphatic hydroxyl groups is 1. The average Bonchev–Trinajstić information content (AvgIpc) is 3.60. The highest BCUT2D eigenvalue weighted by molar-refractivity contribution is 7.13. The third-order valence-electron chi connectivity index (χ3n) is 8.93. The zero-order valence-electron chi connectivity index (χ0n) is 27.6. The first kappa shape index (κ1) is 36.6. The number of hydrogen-bond donors (Lipinski definition) is 2. The summed E-state index contributed by atoms with van der Waals surface area (Å²) >= 11 is 1.60. The van der Waals surface area contributed by atoms with Gasteiger partial charge in [-0.2, -0.15) is 0 Å². The molecule has 0 unspecified atom stereocenters. The lowest BCUT2D eigenvalue weighted by molar-refractivity contribution is -0.145. The van der Waals surface area contributed by atoms with Crippen LogP contribution in [0.25, 0.3) is 10.4 Å². The normalized spacial score (nSPS) is 17.4. The molecule has 1 aliphatic heterocycles. The zero-order chi connectivity index (χ0) is 33.0. The first-order valence-corrected chi connectivity index (χ1v) is 17.5. The van der Waals surface area contributed by atoms with Crippen LogP contribution in [0.3, 0.4) is 0 Å². The highest BCUT2D eigenvalue weighted by atomic mass is 32.1. The third kappa shape index (κ3) is 11.8. The second-order valence-corrected chi connectivity index (χ2v) is 14.6. The van der Waals surface area contributed by atoms with Crippen molar-refractivity contribution in [3.8, 4) is 10.4 Å². The Kier molecular flexibility index (Phi) is 14.4. The highest BCUT2D eigenvalue weighted by Gasteiger charge is 2.44. The van der Waals surface area contributed by atoms with Crippen LogP contribution in [0.2, 0.25) is 0 Å². The molecule has 0 aliphatic carbocycles. The molecule has 1 aromatic heterocycles. The van der Waals surface area contributed by atoms with Crippen molar-refractivity contribution in [1.29, 1.82) is 0 Å². The number of aliphatic carboxylic acids is 1. The summed E-state index contributed by atoms with van der Waals surface area (Å²) in [5.41, 5.74) is 4.51. The average molecular weight is 641 g/mol.